The van der Waals surface area contributed by atoms with Crippen LogP contribution in [0.15, 0.2) is 46.0 Å². The third-order valence-corrected chi connectivity index (χ3v) is 6.71. The number of H-pyrrole nitrogens is 1. The van der Waals surface area contributed by atoms with Crippen LogP contribution in [0.25, 0.3) is 17.3 Å². The third-order valence-electron chi connectivity index (χ3n) is 5.25. The second kappa shape index (κ2) is 9.55. The number of aromatic amines is 1. The number of rotatable bonds is 8. The standard InChI is InChI=1S/C21H22FN7O4S/c1-11-5-6-16(33-11)19-26-27-21(29(19)17-15(32-4)7-8-23-20(17)30)28-34(31)13(3)12(2)18-24-9-14(22)10-25-18/h5-10,12-13H,1-4H3,(H,23,30)(H,27,28). The highest BCUT2D eigenvalue weighted by Gasteiger charge is 2.28. The van der Waals surface area contributed by atoms with Crippen LogP contribution in [-0.2, 0) is 11.0 Å². The summed E-state index contributed by atoms with van der Waals surface area (Å²) in [7, 11) is -0.292. The monoisotopic (exact) mass is 487 g/mol. The average Bonchev–Trinajstić information content (AvgIpc) is 3.44. The summed E-state index contributed by atoms with van der Waals surface area (Å²) < 4.78 is 41.7. The van der Waals surface area contributed by atoms with Crippen molar-refractivity contribution in [3.05, 3.63) is 64.5 Å². The normalized spacial score (nSPS) is 13.9. The van der Waals surface area contributed by atoms with Crippen LogP contribution >= 0.6 is 0 Å². The van der Waals surface area contributed by atoms with Crippen molar-refractivity contribution in [2.75, 3.05) is 11.8 Å². The Labute approximate surface area is 196 Å². The van der Waals surface area contributed by atoms with Gasteiger partial charge in [0.05, 0.1) is 24.8 Å². The lowest BCUT2D eigenvalue weighted by molar-refractivity contribution is 0.411. The van der Waals surface area contributed by atoms with E-state index in [1.807, 2.05) is 0 Å². The van der Waals surface area contributed by atoms with Crippen molar-refractivity contribution in [3.63, 3.8) is 0 Å². The van der Waals surface area contributed by atoms with Gasteiger partial charge in [-0.1, -0.05) is 6.92 Å². The molecule has 0 aliphatic rings. The molecular weight excluding hydrogens is 465 g/mol. The van der Waals surface area contributed by atoms with E-state index in [4.69, 9.17) is 9.15 Å². The molecule has 0 aromatic carbocycles. The SMILES string of the molecule is COc1cc[nH]c(=O)c1-n1c(NS(=O)C(C)C(C)c2ncc(F)cn2)nnc1-c1ccc(C)o1. The Kier molecular flexibility index (Phi) is 6.54. The molecular formula is C21H22FN7O4S. The molecule has 0 saturated carbocycles. The predicted octanol–water partition coefficient (Wildman–Crippen LogP) is 2.73. The van der Waals surface area contributed by atoms with E-state index < -0.39 is 27.6 Å². The molecule has 0 bridgehead atoms. The minimum Gasteiger partial charge on any atom is -0.494 e. The summed E-state index contributed by atoms with van der Waals surface area (Å²) in [5.74, 6) is 0.905. The zero-order chi connectivity index (χ0) is 24.4. The van der Waals surface area contributed by atoms with Crippen molar-refractivity contribution in [2.45, 2.75) is 31.9 Å². The van der Waals surface area contributed by atoms with Crippen LogP contribution in [0.1, 0.15) is 31.4 Å². The Morgan fingerprint density at radius 2 is 1.94 bits per heavy atom. The number of nitrogens with one attached hydrogen (secondary N) is 2. The number of halogens is 1. The second-order valence-electron chi connectivity index (χ2n) is 7.47. The fourth-order valence-corrected chi connectivity index (χ4v) is 4.23. The van der Waals surface area contributed by atoms with E-state index in [0.717, 1.165) is 12.4 Å². The Hall–Kier alpha value is -3.87. The van der Waals surface area contributed by atoms with Crippen molar-refractivity contribution in [1.82, 2.24) is 29.7 Å². The molecule has 0 amide bonds. The Balaban J connectivity index is 1.74. The summed E-state index contributed by atoms with van der Waals surface area (Å²) in [6, 6.07) is 5.01. The smallest absolute Gasteiger partial charge is 0.276 e. The van der Waals surface area contributed by atoms with Crippen molar-refractivity contribution < 1.29 is 17.8 Å². The molecule has 2 N–H and O–H groups in total. The molecule has 4 heterocycles. The second-order valence-corrected chi connectivity index (χ2v) is 9.01. The predicted molar refractivity (Wildman–Crippen MR) is 123 cm³/mol. The highest BCUT2D eigenvalue weighted by atomic mass is 32.2. The van der Waals surface area contributed by atoms with Gasteiger partial charge in [-0.3, -0.25) is 9.52 Å². The maximum atomic E-state index is 13.2. The van der Waals surface area contributed by atoms with E-state index in [-0.39, 0.29) is 29.1 Å². The van der Waals surface area contributed by atoms with E-state index in [1.165, 1.54) is 17.9 Å². The third kappa shape index (κ3) is 4.46. The summed E-state index contributed by atoms with van der Waals surface area (Å²) in [5, 5.41) is 7.77. The number of aryl methyl sites for hydroxylation is 1. The van der Waals surface area contributed by atoms with Gasteiger partial charge in [0.15, 0.2) is 17.3 Å². The van der Waals surface area contributed by atoms with Gasteiger partial charge in [0.2, 0.25) is 11.8 Å². The number of hydrogen-bond acceptors (Lipinski definition) is 8. The lowest BCUT2D eigenvalue weighted by Gasteiger charge is -2.19. The number of methoxy groups -OCH3 is 1. The molecule has 178 valence electrons. The van der Waals surface area contributed by atoms with Crippen molar-refractivity contribution in [3.8, 4) is 23.0 Å². The van der Waals surface area contributed by atoms with Crippen LogP contribution in [0.3, 0.4) is 0 Å². The van der Waals surface area contributed by atoms with Gasteiger partial charge < -0.3 is 14.1 Å². The molecule has 0 radical (unpaired) electrons. The molecule has 3 atom stereocenters. The first-order valence-electron chi connectivity index (χ1n) is 10.2. The number of aromatic nitrogens is 6. The number of anilines is 1. The maximum absolute atomic E-state index is 13.2. The first kappa shape index (κ1) is 23.3. The minimum absolute atomic E-state index is 0.0384. The van der Waals surface area contributed by atoms with E-state index in [1.54, 1.807) is 39.0 Å². The van der Waals surface area contributed by atoms with Crippen LogP contribution < -0.4 is 15.0 Å². The van der Waals surface area contributed by atoms with Gasteiger partial charge in [-0.05, 0) is 32.0 Å². The maximum Gasteiger partial charge on any atom is 0.276 e. The van der Waals surface area contributed by atoms with E-state index in [2.05, 4.69) is 29.9 Å². The summed E-state index contributed by atoms with van der Waals surface area (Å²) in [4.78, 5) is 23.3. The Morgan fingerprint density at radius 3 is 2.59 bits per heavy atom. The number of hydrogen-bond donors (Lipinski definition) is 2. The summed E-state index contributed by atoms with van der Waals surface area (Å²) in [6.45, 7) is 5.28. The lowest BCUT2D eigenvalue weighted by atomic mass is 10.1. The molecule has 34 heavy (non-hydrogen) atoms. The van der Waals surface area contributed by atoms with Crippen LogP contribution in [0.5, 0.6) is 5.75 Å². The molecule has 4 rings (SSSR count). The van der Waals surface area contributed by atoms with E-state index in [0.29, 0.717) is 17.3 Å². The first-order valence-corrected chi connectivity index (χ1v) is 11.4. The quantitative estimate of drug-likeness (QED) is 0.387. The molecule has 0 aliphatic heterocycles. The summed E-state index contributed by atoms with van der Waals surface area (Å²) in [5.41, 5.74) is -0.389. The Bertz CT molecular complexity index is 1380. The fraction of sp³-hybridized carbons (Fsp3) is 0.286. The fourth-order valence-electron chi connectivity index (χ4n) is 3.24. The van der Waals surface area contributed by atoms with Crippen LogP contribution in [0, 0.1) is 12.7 Å². The minimum atomic E-state index is -1.72. The van der Waals surface area contributed by atoms with Gasteiger partial charge in [0.25, 0.3) is 5.56 Å². The number of nitrogens with zero attached hydrogens (tertiary/aromatic N) is 5. The molecule has 4 aromatic rings. The lowest BCUT2D eigenvalue weighted by Crippen LogP contribution is -2.27. The van der Waals surface area contributed by atoms with Crippen molar-refractivity contribution >= 4 is 16.9 Å². The zero-order valence-electron chi connectivity index (χ0n) is 18.8. The average molecular weight is 488 g/mol. The van der Waals surface area contributed by atoms with E-state index in [9.17, 15) is 13.4 Å². The number of furan rings is 1. The van der Waals surface area contributed by atoms with Gasteiger partial charge >= 0.3 is 0 Å². The topological polar surface area (TPSA) is 141 Å². The molecule has 0 spiro atoms. The van der Waals surface area contributed by atoms with E-state index >= 15 is 0 Å². The van der Waals surface area contributed by atoms with Gasteiger partial charge in [-0.2, -0.15) is 0 Å². The van der Waals surface area contributed by atoms with Crippen molar-refractivity contribution in [2.24, 2.45) is 0 Å². The van der Waals surface area contributed by atoms with Gasteiger partial charge in [0, 0.05) is 12.1 Å². The van der Waals surface area contributed by atoms with Crippen molar-refractivity contribution in [1.29, 1.82) is 0 Å². The highest BCUT2D eigenvalue weighted by Crippen LogP contribution is 2.30. The molecule has 0 saturated heterocycles. The first-order chi connectivity index (χ1) is 16.3. The van der Waals surface area contributed by atoms with Gasteiger partial charge in [-0.25, -0.2) is 23.1 Å². The van der Waals surface area contributed by atoms with Crippen LogP contribution in [0.4, 0.5) is 10.3 Å². The van der Waals surface area contributed by atoms with Gasteiger partial charge in [-0.15, -0.1) is 10.2 Å². The van der Waals surface area contributed by atoms with Crippen LogP contribution in [0.2, 0.25) is 0 Å². The molecule has 0 aliphatic carbocycles. The summed E-state index contributed by atoms with van der Waals surface area (Å²) in [6.07, 6.45) is 3.57. The van der Waals surface area contributed by atoms with Crippen LogP contribution in [-0.4, -0.2) is 46.3 Å². The zero-order valence-corrected chi connectivity index (χ0v) is 19.6. The largest absolute Gasteiger partial charge is 0.494 e. The van der Waals surface area contributed by atoms with Gasteiger partial charge in [0.1, 0.15) is 28.3 Å². The number of pyridine rings is 1. The molecule has 13 heteroatoms. The molecule has 3 unspecified atom stereocenters. The molecule has 0 fully saturated rings. The number of ether oxygens (including phenoxy) is 1. The summed E-state index contributed by atoms with van der Waals surface area (Å²) >= 11 is 0. The molecule has 11 nitrogen and oxygen atoms in total. The highest BCUT2D eigenvalue weighted by molar-refractivity contribution is 7.87. The molecule has 4 aromatic heterocycles. The Morgan fingerprint density at radius 1 is 1.21 bits per heavy atom.